The molecule has 0 radical (unpaired) electrons. The summed E-state index contributed by atoms with van der Waals surface area (Å²) >= 11 is 0. The number of furan rings is 1. The first-order valence-electron chi connectivity index (χ1n) is 6.14. The van der Waals surface area contributed by atoms with Gasteiger partial charge in [-0.05, 0) is 42.8 Å². The number of fused-ring (bicyclic) bond motifs is 1. The Balaban J connectivity index is 2.04. The quantitative estimate of drug-likeness (QED) is 0.753. The smallest absolute Gasteiger partial charge is 0.134 e. The second-order valence-electron chi connectivity index (χ2n) is 4.72. The van der Waals surface area contributed by atoms with Crippen LogP contribution in [0.2, 0.25) is 0 Å². The maximum atomic E-state index is 13.2. The standard InChI is InChI=1S/C16H14FNO/c1-10-5-6-14-12(7-10)9-15(19-14)16(18)11-3-2-4-13(17)8-11/h2-9,16H,18H2,1H3. The molecule has 0 spiro atoms. The van der Waals surface area contributed by atoms with Crippen LogP contribution < -0.4 is 5.73 Å². The Morgan fingerprint density at radius 1 is 1.11 bits per heavy atom. The molecule has 1 heterocycles. The molecular formula is C16H14FNO. The number of hydrogen-bond donors (Lipinski definition) is 1. The molecule has 0 fully saturated rings. The lowest BCUT2D eigenvalue weighted by Gasteiger charge is -2.08. The minimum absolute atomic E-state index is 0.292. The highest BCUT2D eigenvalue weighted by atomic mass is 19.1. The molecule has 96 valence electrons. The highest BCUT2D eigenvalue weighted by Crippen LogP contribution is 2.27. The third-order valence-electron chi connectivity index (χ3n) is 3.21. The summed E-state index contributed by atoms with van der Waals surface area (Å²) in [6.45, 7) is 2.03. The maximum Gasteiger partial charge on any atom is 0.134 e. The van der Waals surface area contributed by atoms with E-state index in [9.17, 15) is 4.39 Å². The Bertz CT molecular complexity index is 732. The van der Waals surface area contributed by atoms with Crippen LogP contribution in [0.15, 0.2) is 52.9 Å². The van der Waals surface area contributed by atoms with Gasteiger partial charge < -0.3 is 10.2 Å². The SMILES string of the molecule is Cc1ccc2oc(C(N)c3cccc(F)c3)cc2c1. The Morgan fingerprint density at radius 3 is 2.74 bits per heavy atom. The molecule has 1 unspecified atom stereocenters. The zero-order valence-electron chi connectivity index (χ0n) is 10.6. The van der Waals surface area contributed by atoms with Gasteiger partial charge in [-0.2, -0.15) is 0 Å². The van der Waals surface area contributed by atoms with Crippen molar-refractivity contribution in [1.29, 1.82) is 0 Å². The fourth-order valence-corrected chi connectivity index (χ4v) is 2.20. The van der Waals surface area contributed by atoms with E-state index in [1.54, 1.807) is 12.1 Å². The molecule has 3 heteroatoms. The largest absolute Gasteiger partial charge is 0.459 e. The highest BCUT2D eigenvalue weighted by molar-refractivity contribution is 5.78. The monoisotopic (exact) mass is 255 g/mol. The first kappa shape index (κ1) is 11.9. The van der Waals surface area contributed by atoms with Crippen LogP contribution in [0.25, 0.3) is 11.0 Å². The summed E-state index contributed by atoms with van der Waals surface area (Å²) in [6.07, 6.45) is 0. The van der Waals surface area contributed by atoms with Crippen molar-refractivity contribution >= 4 is 11.0 Å². The van der Waals surface area contributed by atoms with Gasteiger partial charge in [0.05, 0.1) is 6.04 Å². The second kappa shape index (κ2) is 4.52. The van der Waals surface area contributed by atoms with E-state index in [4.69, 9.17) is 10.2 Å². The normalized spacial score (nSPS) is 12.8. The summed E-state index contributed by atoms with van der Waals surface area (Å²) in [6, 6.07) is 13.7. The van der Waals surface area contributed by atoms with Crippen LogP contribution in [0.1, 0.15) is 22.9 Å². The molecule has 0 aliphatic heterocycles. The molecular weight excluding hydrogens is 241 g/mol. The van der Waals surface area contributed by atoms with Crippen molar-refractivity contribution in [3.8, 4) is 0 Å². The number of aryl methyl sites for hydroxylation is 1. The predicted molar refractivity (Wildman–Crippen MR) is 73.4 cm³/mol. The molecule has 0 amide bonds. The number of halogens is 1. The minimum Gasteiger partial charge on any atom is -0.459 e. The van der Waals surface area contributed by atoms with Gasteiger partial charge in [-0.25, -0.2) is 4.39 Å². The van der Waals surface area contributed by atoms with E-state index >= 15 is 0 Å². The third kappa shape index (κ3) is 2.25. The molecule has 1 aromatic heterocycles. The topological polar surface area (TPSA) is 39.2 Å². The number of benzene rings is 2. The predicted octanol–water partition coefficient (Wildman–Crippen LogP) is 3.93. The summed E-state index contributed by atoms with van der Waals surface area (Å²) in [5.41, 5.74) is 8.80. The molecule has 2 nitrogen and oxygen atoms in total. The third-order valence-corrected chi connectivity index (χ3v) is 3.21. The van der Waals surface area contributed by atoms with Gasteiger partial charge >= 0.3 is 0 Å². The Kier molecular flexibility index (Phi) is 2.84. The molecule has 0 saturated heterocycles. The summed E-state index contributed by atoms with van der Waals surface area (Å²) in [5.74, 6) is 0.353. The summed E-state index contributed by atoms with van der Waals surface area (Å²) in [5, 5.41) is 1.02. The van der Waals surface area contributed by atoms with Crippen molar-refractivity contribution in [2.24, 2.45) is 5.73 Å². The van der Waals surface area contributed by atoms with Crippen molar-refractivity contribution in [2.75, 3.05) is 0 Å². The van der Waals surface area contributed by atoms with Gasteiger partial charge in [-0.1, -0.05) is 23.8 Å². The van der Waals surface area contributed by atoms with Crippen LogP contribution in [-0.4, -0.2) is 0 Å². The zero-order chi connectivity index (χ0) is 13.4. The van der Waals surface area contributed by atoms with Gasteiger partial charge in [0.2, 0.25) is 0 Å². The van der Waals surface area contributed by atoms with Crippen LogP contribution in [0.4, 0.5) is 4.39 Å². The number of rotatable bonds is 2. The fraction of sp³-hybridized carbons (Fsp3) is 0.125. The molecule has 0 bridgehead atoms. The lowest BCUT2D eigenvalue weighted by molar-refractivity contribution is 0.523. The van der Waals surface area contributed by atoms with E-state index in [2.05, 4.69) is 0 Å². The van der Waals surface area contributed by atoms with Gasteiger partial charge in [0, 0.05) is 5.39 Å². The van der Waals surface area contributed by atoms with Crippen LogP contribution in [0, 0.1) is 12.7 Å². The summed E-state index contributed by atoms with van der Waals surface area (Å²) in [7, 11) is 0. The maximum absolute atomic E-state index is 13.2. The Labute approximate surface area is 110 Å². The van der Waals surface area contributed by atoms with E-state index < -0.39 is 6.04 Å². The van der Waals surface area contributed by atoms with Gasteiger partial charge in [0.25, 0.3) is 0 Å². The van der Waals surface area contributed by atoms with E-state index in [-0.39, 0.29) is 5.82 Å². The average molecular weight is 255 g/mol. The molecule has 3 rings (SSSR count). The highest BCUT2D eigenvalue weighted by Gasteiger charge is 2.14. The van der Waals surface area contributed by atoms with Crippen LogP contribution in [0.3, 0.4) is 0 Å². The van der Waals surface area contributed by atoms with Crippen molar-refractivity contribution in [3.05, 3.63) is 71.2 Å². The van der Waals surface area contributed by atoms with Crippen LogP contribution in [0.5, 0.6) is 0 Å². The average Bonchev–Trinajstić information content (AvgIpc) is 2.80. The molecule has 0 aliphatic rings. The van der Waals surface area contributed by atoms with Gasteiger partial charge in [-0.15, -0.1) is 0 Å². The number of nitrogens with two attached hydrogens (primary N) is 1. The van der Waals surface area contributed by atoms with Crippen molar-refractivity contribution in [3.63, 3.8) is 0 Å². The van der Waals surface area contributed by atoms with Gasteiger partial charge in [-0.3, -0.25) is 0 Å². The number of hydrogen-bond acceptors (Lipinski definition) is 2. The van der Waals surface area contributed by atoms with E-state index in [1.165, 1.54) is 17.7 Å². The Hall–Kier alpha value is -2.13. The van der Waals surface area contributed by atoms with Crippen molar-refractivity contribution in [1.82, 2.24) is 0 Å². The van der Waals surface area contributed by atoms with Crippen LogP contribution in [-0.2, 0) is 0 Å². The minimum atomic E-state index is -0.455. The first-order valence-corrected chi connectivity index (χ1v) is 6.14. The van der Waals surface area contributed by atoms with Crippen molar-refractivity contribution < 1.29 is 8.81 Å². The molecule has 19 heavy (non-hydrogen) atoms. The van der Waals surface area contributed by atoms with Crippen molar-refractivity contribution in [2.45, 2.75) is 13.0 Å². The fourth-order valence-electron chi connectivity index (χ4n) is 2.20. The second-order valence-corrected chi connectivity index (χ2v) is 4.72. The lowest BCUT2D eigenvalue weighted by atomic mass is 10.1. The first-order chi connectivity index (χ1) is 9.13. The molecule has 3 aromatic rings. The molecule has 0 aliphatic carbocycles. The summed E-state index contributed by atoms with van der Waals surface area (Å²) < 4.78 is 18.9. The van der Waals surface area contributed by atoms with Gasteiger partial charge in [0.1, 0.15) is 17.2 Å². The van der Waals surface area contributed by atoms with Gasteiger partial charge in [0.15, 0.2) is 0 Å². The lowest BCUT2D eigenvalue weighted by Crippen LogP contribution is -2.10. The van der Waals surface area contributed by atoms with E-state index in [0.717, 1.165) is 11.0 Å². The molecule has 2 N–H and O–H groups in total. The zero-order valence-corrected chi connectivity index (χ0v) is 10.6. The molecule has 2 aromatic carbocycles. The van der Waals surface area contributed by atoms with Crippen LogP contribution >= 0.6 is 0 Å². The van der Waals surface area contributed by atoms with E-state index in [0.29, 0.717) is 11.3 Å². The Morgan fingerprint density at radius 2 is 1.95 bits per heavy atom. The molecule has 1 atom stereocenters. The van der Waals surface area contributed by atoms with E-state index in [1.807, 2.05) is 31.2 Å². The summed E-state index contributed by atoms with van der Waals surface area (Å²) in [4.78, 5) is 0. The molecule has 0 saturated carbocycles.